The molecular formula is C9H14N2OS. The molecule has 0 unspecified atom stereocenters. The monoisotopic (exact) mass is 198 g/mol. The first kappa shape index (κ1) is 8.97. The van der Waals surface area contributed by atoms with Crippen LogP contribution in [0.3, 0.4) is 0 Å². The van der Waals surface area contributed by atoms with Gasteiger partial charge in [-0.25, -0.2) is 4.98 Å². The van der Waals surface area contributed by atoms with Gasteiger partial charge in [0.25, 0.3) is 0 Å². The lowest BCUT2D eigenvalue weighted by atomic mass is 9.98. The summed E-state index contributed by atoms with van der Waals surface area (Å²) < 4.78 is 5.31. The highest BCUT2D eigenvalue weighted by atomic mass is 32.1. The molecule has 1 aliphatic heterocycles. The normalized spacial score (nSPS) is 18.8. The van der Waals surface area contributed by atoms with Crippen LogP contribution in [0.4, 0.5) is 5.13 Å². The highest BCUT2D eigenvalue weighted by molar-refractivity contribution is 7.13. The number of thiazole rings is 1. The lowest BCUT2D eigenvalue weighted by molar-refractivity contribution is 0.0846. The summed E-state index contributed by atoms with van der Waals surface area (Å²) in [6.45, 7) is 1.77. The summed E-state index contributed by atoms with van der Waals surface area (Å²) >= 11 is 1.68. The van der Waals surface area contributed by atoms with E-state index in [1.165, 1.54) is 5.69 Å². The number of nitrogens with zero attached hydrogens (tertiary/aromatic N) is 1. The van der Waals surface area contributed by atoms with Crippen molar-refractivity contribution < 1.29 is 4.74 Å². The third kappa shape index (κ3) is 2.00. The molecule has 0 amide bonds. The second kappa shape index (κ2) is 4.07. The van der Waals surface area contributed by atoms with Gasteiger partial charge < -0.3 is 10.1 Å². The third-order valence-electron chi connectivity index (χ3n) is 2.38. The summed E-state index contributed by atoms with van der Waals surface area (Å²) in [4.78, 5) is 4.50. The molecule has 0 radical (unpaired) electrons. The van der Waals surface area contributed by atoms with Crippen molar-refractivity contribution in [3.05, 3.63) is 11.1 Å². The average molecular weight is 198 g/mol. The Morgan fingerprint density at radius 1 is 1.54 bits per heavy atom. The van der Waals surface area contributed by atoms with Gasteiger partial charge in [0.15, 0.2) is 5.13 Å². The van der Waals surface area contributed by atoms with Crippen molar-refractivity contribution in [1.82, 2.24) is 4.98 Å². The molecule has 0 bridgehead atoms. The second-order valence-corrected chi connectivity index (χ2v) is 4.07. The van der Waals surface area contributed by atoms with Gasteiger partial charge in [0.2, 0.25) is 0 Å². The number of nitrogens with one attached hydrogen (secondary N) is 1. The Morgan fingerprint density at radius 3 is 2.92 bits per heavy atom. The van der Waals surface area contributed by atoms with Crippen molar-refractivity contribution in [3.8, 4) is 0 Å². The van der Waals surface area contributed by atoms with E-state index in [2.05, 4.69) is 15.7 Å². The largest absolute Gasteiger partial charge is 0.381 e. The molecule has 1 N–H and O–H groups in total. The maximum atomic E-state index is 5.31. The van der Waals surface area contributed by atoms with Gasteiger partial charge in [-0.1, -0.05) is 0 Å². The van der Waals surface area contributed by atoms with E-state index >= 15 is 0 Å². The van der Waals surface area contributed by atoms with Crippen molar-refractivity contribution in [1.29, 1.82) is 0 Å². The summed E-state index contributed by atoms with van der Waals surface area (Å²) in [7, 11) is 1.91. The summed E-state index contributed by atoms with van der Waals surface area (Å²) in [6.07, 6.45) is 2.24. The number of hydrogen-bond acceptors (Lipinski definition) is 4. The average Bonchev–Trinajstić information content (AvgIpc) is 2.67. The number of hydrogen-bond donors (Lipinski definition) is 1. The molecule has 0 aliphatic carbocycles. The molecule has 1 saturated heterocycles. The van der Waals surface area contributed by atoms with Gasteiger partial charge in [-0.3, -0.25) is 0 Å². The van der Waals surface area contributed by atoms with E-state index in [9.17, 15) is 0 Å². The quantitative estimate of drug-likeness (QED) is 0.790. The predicted octanol–water partition coefficient (Wildman–Crippen LogP) is 2.08. The highest BCUT2D eigenvalue weighted by Crippen LogP contribution is 2.29. The van der Waals surface area contributed by atoms with Crippen LogP contribution in [0, 0.1) is 0 Å². The Labute approximate surface area is 82.1 Å². The molecule has 0 spiro atoms. The maximum Gasteiger partial charge on any atom is 0.182 e. The van der Waals surface area contributed by atoms with Crippen molar-refractivity contribution in [2.24, 2.45) is 0 Å². The van der Waals surface area contributed by atoms with Crippen LogP contribution >= 0.6 is 11.3 Å². The highest BCUT2D eigenvalue weighted by Gasteiger charge is 2.18. The van der Waals surface area contributed by atoms with Gasteiger partial charge in [0.05, 0.1) is 5.69 Å². The summed E-state index contributed by atoms with van der Waals surface area (Å²) in [5, 5.41) is 6.23. The number of ether oxygens (including phenoxy) is 1. The molecule has 0 atom stereocenters. The fraction of sp³-hybridized carbons (Fsp3) is 0.667. The number of anilines is 1. The minimum absolute atomic E-state index is 0.618. The van der Waals surface area contributed by atoms with Gasteiger partial charge >= 0.3 is 0 Å². The number of aromatic nitrogens is 1. The zero-order valence-corrected chi connectivity index (χ0v) is 8.56. The van der Waals surface area contributed by atoms with E-state index < -0.39 is 0 Å². The van der Waals surface area contributed by atoms with E-state index in [1.54, 1.807) is 11.3 Å². The summed E-state index contributed by atoms with van der Waals surface area (Å²) in [5.41, 5.74) is 1.23. The molecule has 1 fully saturated rings. The molecule has 72 valence electrons. The van der Waals surface area contributed by atoms with E-state index in [-0.39, 0.29) is 0 Å². The topological polar surface area (TPSA) is 34.2 Å². The lowest BCUT2D eigenvalue weighted by Crippen LogP contribution is -2.14. The van der Waals surface area contributed by atoms with Gasteiger partial charge in [-0.05, 0) is 12.8 Å². The molecule has 1 aliphatic rings. The van der Waals surface area contributed by atoms with Crippen LogP contribution in [0.2, 0.25) is 0 Å². The summed E-state index contributed by atoms with van der Waals surface area (Å²) in [5.74, 6) is 0.618. The molecule has 1 aromatic heterocycles. The Balaban J connectivity index is 2.05. The van der Waals surface area contributed by atoms with Gasteiger partial charge in [0.1, 0.15) is 0 Å². The standard InChI is InChI=1S/C9H14N2OS/c1-10-9-11-8(6-13-9)7-2-4-12-5-3-7/h6-7H,2-5H2,1H3,(H,10,11). The lowest BCUT2D eigenvalue weighted by Gasteiger charge is -2.19. The first-order chi connectivity index (χ1) is 6.40. The fourth-order valence-corrected chi connectivity index (χ4v) is 2.34. The van der Waals surface area contributed by atoms with Crippen LogP contribution in [-0.2, 0) is 4.74 Å². The minimum atomic E-state index is 0.618. The molecule has 4 heteroatoms. The first-order valence-corrected chi connectivity index (χ1v) is 5.49. The van der Waals surface area contributed by atoms with Crippen LogP contribution in [0.5, 0.6) is 0 Å². The van der Waals surface area contributed by atoms with E-state index in [4.69, 9.17) is 4.74 Å². The van der Waals surface area contributed by atoms with Crippen molar-refractivity contribution in [3.63, 3.8) is 0 Å². The first-order valence-electron chi connectivity index (χ1n) is 4.61. The zero-order valence-electron chi connectivity index (χ0n) is 7.75. The van der Waals surface area contributed by atoms with E-state index in [1.807, 2.05) is 7.05 Å². The Morgan fingerprint density at radius 2 is 2.31 bits per heavy atom. The van der Waals surface area contributed by atoms with Crippen molar-refractivity contribution in [2.45, 2.75) is 18.8 Å². The molecule has 0 aromatic carbocycles. The molecule has 3 nitrogen and oxygen atoms in total. The zero-order chi connectivity index (χ0) is 9.10. The fourth-order valence-electron chi connectivity index (χ4n) is 1.58. The van der Waals surface area contributed by atoms with Crippen molar-refractivity contribution in [2.75, 3.05) is 25.6 Å². The molecular weight excluding hydrogens is 184 g/mol. The molecule has 0 saturated carbocycles. The van der Waals surface area contributed by atoms with E-state index in [0.717, 1.165) is 31.2 Å². The molecule has 1 aromatic rings. The van der Waals surface area contributed by atoms with Crippen LogP contribution in [0.25, 0.3) is 0 Å². The number of rotatable bonds is 2. The van der Waals surface area contributed by atoms with Gasteiger partial charge in [0, 0.05) is 31.6 Å². The maximum absolute atomic E-state index is 5.31. The Kier molecular flexibility index (Phi) is 2.80. The SMILES string of the molecule is CNc1nc(C2CCOCC2)cs1. The predicted molar refractivity (Wildman–Crippen MR) is 54.5 cm³/mol. The van der Waals surface area contributed by atoms with Crippen LogP contribution in [-0.4, -0.2) is 25.2 Å². The smallest absolute Gasteiger partial charge is 0.182 e. The Bertz CT molecular complexity index is 268. The van der Waals surface area contributed by atoms with Gasteiger partial charge in [-0.2, -0.15) is 0 Å². The summed E-state index contributed by atoms with van der Waals surface area (Å²) in [6, 6.07) is 0. The van der Waals surface area contributed by atoms with Crippen LogP contribution in [0.1, 0.15) is 24.5 Å². The van der Waals surface area contributed by atoms with Crippen molar-refractivity contribution >= 4 is 16.5 Å². The minimum Gasteiger partial charge on any atom is -0.381 e. The molecule has 2 heterocycles. The van der Waals surface area contributed by atoms with Gasteiger partial charge in [-0.15, -0.1) is 11.3 Å². The Hall–Kier alpha value is -0.610. The molecule has 2 rings (SSSR count). The van der Waals surface area contributed by atoms with E-state index in [0.29, 0.717) is 5.92 Å². The van der Waals surface area contributed by atoms with Crippen LogP contribution < -0.4 is 5.32 Å². The second-order valence-electron chi connectivity index (χ2n) is 3.21. The third-order valence-corrected chi connectivity index (χ3v) is 3.25. The van der Waals surface area contributed by atoms with Crippen LogP contribution in [0.15, 0.2) is 5.38 Å². The molecule has 13 heavy (non-hydrogen) atoms.